The fourth-order valence-corrected chi connectivity index (χ4v) is 2.62. The molecule has 0 unspecified atom stereocenters. The van der Waals surface area contributed by atoms with E-state index in [9.17, 15) is 0 Å². The van der Waals surface area contributed by atoms with Crippen molar-refractivity contribution in [3.8, 4) is 5.75 Å². The van der Waals surface area contributed by atoms with Crippen LogP contribution >= 0.6 is 0 Å². The fraction of sp³-hybridized carbons (Fsp3) is 0.0588. The van der Waals surface area contributed by atoms with Crippen molar-refractivity contribution in [2.45, 2.75) is 0 Å². The van der Waals surface area contributed by atoms with Crippen molar-refractivity contribution in [2.24, 2.45) is 0 Å². The zero-order valence-electron chi connectivity index (χ0n) is 10.5. The Morgan fingerprint density at radius 1 is 0.842 bits per heavy atom. The summed E-state index contributed by atoms with van der Waals surface area (Å²) in [4.78, 5) is 0. The maximum atomic E-state index is 6.00. The highest BCUT2D eigenvalue weighted by Gasteiger charge is 2.09. The van der Waals surface area contributed by atoms with Crippen LogP contribution in [0.5, 0.6) is 5.75 Å². The Morgan fingerprint density at radius 3 is 2.58 bits per heavy atom. The topological polar surface area (TPSA) is 22.4 Å². The molecule has 2 nitrogen and oxygen atoms in total. The van der Waals surface area contributed by atoms with Gasteiger partial charge in [-0.1, -0.05) is 24.3 Å². The minimum absolute atomic E-state index is 0.864. The van der Waals surface area contributed by atoms with Gasteiger partial charge in [0.1, 0.15) is 16.9 Å². The van der Waals surface area contributed by atoms with Crippen LogP contribution < -0.4 is 4.74 Å². The van der Waals surface area contributed by atoms with Crippen molar-refractivity contribution in [1.29, 1.82) is 0 Å². The molecule has 0 fully saturated rings. The predicted octanol–water partition coefficient (Wildman–Crippen LogP) is 4.75. The van der Waals surface area contributed by atoms with Crippen molar-refractivity contribution in [1.82, 2.24) is 0 Å². The third-order valence-electron chi connectivity index (χ3n) is 3.57. The van der Waals surface area contributed by atoms with Gasteiger partial charge in [0.15, 0.2) is 0 Å². The van der Waals surface area contributed by atoms with E-state index < -0.39 is 0 Å². The molecule has 3 aromatic carbocycles. The van der Waals surface area contributed by atoms with Crippen LogP contribution in [-0.4, -0.2) is 7.11 Å². The van der Waals surface area contributed by atoms with Gasteiger partial charge in [-0.05, 0) is 35.7 Å². The highest BCUT2D eigenvalue weighted by atomic mass is 16.5. The Balaban J connectivity index is 2.19. The lowest BCUT2D eigenvalue weighted by molar-refractivity contribution is 0.415. The lowest BCUT2D eigenvalue weighted by Gasteiger charge is -2.02. The van der Waals surface area contributed by atoms with Gasteiger partial charge in [0.05, 0.1) is 7.11 Å². The number of para-hydroxylation sites is 1. The molecule has 0 aliphatic heterocycles. The number of hydrogen-bond acceptors (Lipinski definition) is 2. The molecule has 0 aliphatic rings. The molecule has 2 heteroatoms. The molecule has 0 aliphatic carbocycles. The molecule has 4 rings (SSSR count). The smallest absolute Gasteiger partial charge is 0.143 e. The first-order valence-corrected chi connectivity index (χ1v) is 6.25. The molecule has 19 heavy (non-hydrogen) atoms. The minimum Gasteiger partial charge on any atom is -0.497 e. The van der Waals surface area contributed by atoms with Gasteiger partial charge in [0.2, 0.25) is 0 Å². The molecule has 0 saturated heterocycles. The van der Waals surface area contributed by atoms with Crippen LogP contribution in [0.25, 0.3) is 32.7 Å². The summed E-state index contributed by atoms with van der Waals surface area (Å²) < 4.78 is 11.3. The number of furan rings is 1. The Labute approximate surface area is 110 Å². The zero-order valence-corrected chi connectivity index (χ0v) is 10.5. The van der Waals surface area contributed by atoms with Crippen LogP contribution in [0.1, 0.15) is 0 Å². The van der Waals surface area contributed by atoms with Crippen molar-refractivity contribution >= 4 is 32.7 Å². The van der Waals surface area contributed by atoms with Gasteiger partial charge in [0.25, 0.3) is 0 Å². The van der Waals surface area contributed by atoms with Gasteiger partial charge in [-0.2, -0.15) is 0 Å². The Morgan fingerprint density at radius 2 is 1.68 bits per heavy atom. The summed E-state index contributed by atoms with van der Waals surface area (Å²) in [5.74, 6) is 0.864. The Kier molecular flexibility index (Phi) is 2.06. The molecule has 0 atom stereocenters. The summed E-state index contributed by atoms with van der Waals surface area (Å²) in [6, 6.07) is 18.4. The van der Waals surface area contributed by atoms with E-state index in [1.165, 1.54) is 0 Å². The third-order valence-corrected chi connectivity index (χ3v) is 3.57. The van der Waals surface area contributed by atoms with Gasteiger partial charge in [0, 0.05) is 16.2 Å². The number of rotatable bonds is 1. The SMILES string of the molecule is COc1ccc2c(ccc3c4ccccc4oc23)c1. The second-order valence-corrected chi connectivity index (χ2v) is 4.63. The van der Waals surface area contributed by atoms with Crippen LogP contribution in [0.3, 0.4) is 0 Å². The lowest BCUT2D eigenvalue weighted by Crippen LogP contribution is -1.82. The first-order valence-electron chi connectivity index (χ1n) is 6.25. The summed E-state index contributed by atoms with van der Waals surface area (Å²) in [6.45, 7) is 0. The zero-order chi connectivity index (χ0) is 12.8. The van der Waals surface area contributed by atoms with Crippen molar-refractivity contribution in [3.05, 3.63) is 54.6 Å². The summed E-state index contributed by atoms with van der Waals surface area (Å²) in [6.07, 6.45) is 0. The molecular formula is C17H12O2. The molecule has 4 aromatic rings. The van der Waals surface area contributed by atoms with Crippen molar-refractivity contribution in [2.75, 3.05) is 7.11 Å². The monoisotopic (exact) mass is 248 g/mol. The number of benzene rings is 3. The van der Waals surface area contributed by atoms with E-state index in [-0.39, 0.29) is 0 Å². The number of methoxy groups -OCH3 is 1. The molecule has 1 heterocycles. The standard InChI is InChI=1S/C17H12O2/c1-18-12-7-9-13-11(10-12)6-8-15-14-4-2-3-5-16(14)19-17(13)15/h2-10H,1H3. The van der Waals surface area contributed by atoms with Crippen molar-refractivity contribution < 1.29 is 9.15 Å². The molecular weight excluding hydrogens is 236 g/mol. The van der Waals surface area contributed by atoms with E-state index in [0.717, 1.165) is 38.5 Å². The average Bonchev–Trinajstić information content (AvgIpc) is 2.85. The van der Waals surface area contributed by atoms with Crippen LogP contribution in [-0.2, 0) is 0 Å². The van der Waals surface area contributed by atoms with E-state index in [4.69, 9.17) is 9.15 Å². The van der Waals surface area contributed by atoms with E-state index in [1.807, 2.05) is 30.3 Å². The largest absolute Gasteiger partial charge is 0.497 e. The first kappa shape index (κ1) is 10.4. The van der Waals surface area contributed by atoms with E-state index >= 15 is 0 Å². The maximum Gasteiger partial charge on any atom is 0.143 e. The van der Waals surface area contributed by atoms with Gasteiger partial charge < -0.3 is 9.15 Å². The van der Waals surface area contributed by atoms with Crippen LogP contribution in [0.4, 0.5) is 0 Å². The van der Waals surface area contributed by atoms with E-state index in [2.05, 4.69) is 24.3 Å². The second kappa shape index (κ2) is 3.75. The van der Waals surface area contributed by atoms with Crippen LogP contribution in [0.15, 0.2) is 59.0 Å². The third kappa shape index (κ3) is 1.43. The molecule has 0 radical (unpaired) electrons. The quantitative estimate of drug-likeness (QED) is 0.485. The molecule has 1 aromatic heterocycles. The summed E-state index contributed by atoms with van der Waals surface area (Å²) >= 11 is 0. The number of hydrogen-bond donors (Lipinski definition) is 0. The van der Waals surface area contributed by atoms with Crippen LogP contribution in [0.2, 0.25) is 0 Å². The minimum atomic E-state index is 0.864. The second-order valence-electron chi connectivity index (χ2n) is 4.63. The molecule has 0 bridgehead atoms. The van der Waals surface area contributed by atoms with Crippen molar-refractivity contribution in [3.63, 3.8) is 0 Å². The first-order chi connectivity index (χ1) is 9.36. The molecule has 0 N–H and O–H groups in total. The lowest BCUT2D eigenvalue weighted by atomic mass is 10.1. The molecule has 0 amide bonds. The highest BCUT2D eigenvalue weighted by Crippen LogP contribution is 2.34. The fourth-order valence-electron chi connectivity index (χ4n) is 2.62. The maximum absolute atomic E-state index is 6.00. The summed E-state index contributed by atoms with van der Waals surface area (Å²) in [5.41, 5.74) is 1.88. The Hall–Kier alpha value is -2.48. The summed E-state index contributed by atoms with van der Waals surface area (Å²) in [5, 5.41) is 4.57. The molecule has 92 valence electrons. The van der Waals surface area contributed by atoms with E-state index in [1.54, 1.807) is 7.11 Å². The number of ether oxygens (including phenoxy) is 1. The normalized spacial score (nSPS) is 11.4. The molecule has 0 saturated carbocycles. The van der Waals surface area contributed by atoms with Crippen LogP contribution in [0, 0.1) is 0 Å². The van der Waals surface area contributed by atoms with Gasteiger partial charge in [-0.25, -0.2) is 0 Å². The van der Waals surface area contributed by atoms with Gasteiger partial charge >= 0.3 is 0 Å². The molecule has 0 spiro atoms. The Bertz CT molecular complexity index is 903. The highest BCUT2D eigenvalue weighted by molar-refractivity contribution is 6.15. The van der Waals surface area contributed by atoms with Gasteiger partial charge in [-0.15, -0.1) is 0 Å². The van der Waals surface area contributed by atoms with Gasteiger partial charge in [-0.3, -0.25) is 0 Å². The van der Waals surface area contributed by atoms with E-state index in [0.29, 0.717) is 0 Å². The number of fused-ring (bicyclic) bond motifs is 5. The predicted molar refractivity (Wildman–Crippen MR) is 77.8 cm³/mol. The average molecular weight is 248 g/mol. The summed E-state index contributed by atoms with van der Waals surface area (Å²) in [7, 11) is 1.68.